The van der Waals surface area contributed by atoms with Gasteiger partial charge in [-0.1, -0.05) is 12.1 Å². The first kappa shape index (κ1) is 16.8. The molecule has 2 fully saturated rings. The number of amides is 2. The molecule has 0 aliphatic carbocycles. The molecule has 1 N–H and O–H groups in total. The van der Waals surface area contributed by atoms with Crippen molar-refractivity contribution in [3.05, 3.63) is 29.8 Å². The minimum absolute atomic E-state index is 0.0207. The second-order valence-electron chi connectivity index (χ2n) is 7.04. The van der Waals surface area contributed by atoms with Gasteiger partial charge in [0.1, 0.15) is 11.8 Å². The van der Waals surface area contributed by atoms with Crippen LogP contribution in [0.25, 0.3) is 0 Å². The highest BCUT2D eigenvalue weighted by atomic mass is 16.5. The number of ether oxygens (including phenoxy) is 1. The smallest absolute Gasteiger partial charge is 0.258 e. The highest BCUT2D eigenvalue weighted by Crippen LogP contribution is 2.27. The topological polar surface area (TPSA) is 70.1 Å². The van der Waals surface area contributed by atoms with Crippen molar-refractivity contribution < 1.29 is 19.4 Å². The van der Waals surface area contributed by atoms with Crippen molar-refractivity contribution in [2.24, 2.45) is 0 Å². The molecule has 6 nitrogen and oxygen atoms in total. The summed E-state index contributed by atoms with van der Waals surface area (Å²) in [6.07, 6.45) is 1.46. The first-order chi connectivity index (χ1) is 11.4. The molecule has 0 saturated carbocycles. The predicted molar refractivity (Wildman–Crippen MR) is 88.8 cm³/mol. The van der Waals surface area contributed by atoms with Gasteiger partial charge in [-0.2, -0.15) is 0 Å². The third-order valence-corrected chi connectivity index (χ3v) is 4.67. The number of carbonyl (C=O) groups excluding carboxylic acids is 2. The third kappa shape index (κ3) is 3.24. The normalized spacial score (nSPS) is 23.3. The van der Waals surface area contributed by atoms with Crippen LogP contribution in [-0.4, -0.2) is 64.6 Å². The van der Waals surface area contributed by atoms with Gasteiger partial charge in [0.15, 0.2) is 0 Å². The number of aromatic hydroxyl groups is 1. The van der Waals surface area contributed by atoms with Crippen LogP contribution in [0.2, 0.25) is 0 Å². The zero-order chi connectivity index (χ0) is 17.3. The second kappa shape index (κ2) is 6.43. The van der Waals surface area contributed by atoms with Crippen LogP contribution >= 0.6 is 0 Å². The molecule has 24 heavy (non-hydrogen) atoms. The molecule has 2 aliphatic heterocycles. The summed E-state index contributed by atoms with van der Waals surface area (Å²) in [6.45, 7) is 6.06. The molecule has 1 aromatic rings. The SMILES string of the molecule is CC1(C)CN(C(=O)[C@H]2CCCN2C(=O)c2ccccc2O)CCO1. The number of phenolic OH excluding ortho intramolecular Hbond substituents is 1. The Balaban J connectivity index is 1.77. The first-order valence-corrected chi connectivity index (χ1v) is 8.41. The van der Waals surface area contributed by atoms with Gasteiger partial charge < -0.3 is 19.6 Å². The number of hydrogen-bond acceptors (Lipinski definition) is 4. The molecule has 2 amide bonds. The van der Waals surface area contributed by atoms with E-state index >= 15 is 0 Å². The Labute approximate surface area is 142 Å². The van der Waals surface area contributed by atoms with Crippen molar-refractivity contribution in [3.63, 3.8) is 0 Å². The molecule has 0 radical (unpaired) electrons. The van der Waals surface area contributed by atoms with Crippen LogP contribution in [-0.2, 0) is 9.53 Å². The molecule has 0 unspecified atom stereocenters. The second-order valence-corrected chi connectivity index (χ2v) is 7.04. The summed E-state index contributed by atoms with van der Waals surface area (Å²) >= 11 is 0. The molecule has 2 saturated heterocycles. The van der Waals surface area contributed by atoms with Crippen LogP contribution in [0.1, 0.15) is 37.0 Å². The van der Waals surface area contributed by atoms with Crippen LogP contribution in [0.5, 0.6) is 5.75 Å². The Bertz CT molecular complexity index is 644. The summed E-state index contributed by atoms with van der Waals surface area (Å²) in [6, 6.07) is 6.02. The number of hydrogen-bond donors (Lipinski definition) is 1. The van der Waals surface area contributed by atoms with Crippen LogP contribution in [0.15, 0.2) is 24.3 Å². The zero-order valence-electron chi connectivity index (χ0n) is 14.2. The predicted octanol–water partition coefficient (Wildman–Crippen LogP) is 1.63. The average molecular weight is 332 g/mol. The quantitative estimate of drug-likeness (QED) is 0.894. The van der Waals surface area contributed by atoms with E-state index in [9.17, 15) is 14.7 Å². The number of nitrogens with zero attached hydrogens (tertiary/aromatic N) is 2. The zero-order valence-corrected chi connectivity index (χ0v) is 14.2. The van der Waals surface area contributed by atoms with E-state index < -0.39 is 6.04 Å². The van der Waals surface area contributed by atoms with Crippen molar-refractivity contribution >= 4 is 11.8 Å². The van der Waals surface area contributed by atoms with Crippen LogP contribution in [0.4, 0.5) is 0 Å². The minimum Gasteiger partial charge on any atom is -0.507 e. The lowest BCUT2D eigenvalue weighted by atomic mass is 10.1. The molecule has 2 heterocycles. The maximum Gasteiger partial charge on any atom is 0.258 e. The lowest BCUT2D eigenvalue weighted by Crippen LogP contribution is -2.55. The van der Waals surface area contributed by atoms with Gasteiger partial charge in [0.2, 0.25) is 5.91 Å². The van der Waals surface area contributed by atoms with Gasteiger partial charge in [-0.15, -0.1) is 0 Å². The number of likely N-dealkylation sites (tertiary alicyclic amines) is 1. The summed E-state index contributed by atoms with van der Waals surface area (Å²) in [5.74, 6) is -0.350. The van der Waals surface area contributed by atoms with Crippen LogP contribution in [0, 0.1) is 0 Å². The summed E-state index contributed by atoms with van der Waals surface area (Å²) in [5.41, 5.74) is -0.113. The molecular formula is C18H24N2O4. The molecule has 1 aromatic carbocycles. The molecule has 0 aromatic heterocycles. The summed E-state index contributed by atoms with van der Waals surface area (Å²) in [5, 5.41) is 9.92. The van der Waals surface area contributed by atoms with Crippen LogP contribution in [0.3, 0.4) is 0 Å². The van der Waals surface area contributed by atoms with Crippen LogP contribution < -0.4 is 0 Å². The number of rotatable bonds is 2. The largest absolute Gasteiger partial charge is 0.507 e. The Hall–Kier alpha value is -2.08. The van der Waals surface area contributed by atoms with Crippen molar-refractivity contribution in [2.75, 3.05) is 26.2 Å². The summed E-state index contributed by atoms with van der Waals surface area (Å²) in [4.78, 5) is 29.1. The summed E-state index contributed by atoms with van der Waals surface area (Å²) in [7, 11) is 0. The molecule has 130 valence electrons. The Morgan fingerprint density at radius 3 is 2.71 bits per heavy atom. The van der Waals surface area contributed by atoms with E-state index in [0.29, 0.717) is 32.7 Å². The molecular weight excluding hydrogens is 308 g/mol. The first-order valence-electron chi connectivity index (χ1n) is 8.41. The van der Waals surface area contributed by atoms with Gasteiger partial charge in [-0.3, -0.25) is 9.59 Å². The monoisotopic (exact) mass is 332 g/mol. The Morgan fingerprint density at radius 2 is 2.00 bits per heavy atom. The van der Waals surface area contributed by atoms with Gasteiger partial charge in [0.25, 0.3) is 5.91 Å². The van der Waals surface area contributed by atoms with Crippen molar-refractivity contribution in [1.82, 2.24) is 9.80 Å². The van der Waals surface area contributed by atoms with Crippen molar-refractivity contribution in [1.29, 1.82) is 0 Å². The van der Waals surface area contributed by atoms with E-state index in [0.717, 1.165) is 6.42 Å². The van der Waals surface area contributed by atoms with Gasteiger partial charge in [0.05, 0.1) is 17.8 Å². The van der Waals surface area contributed by atoms with E-state index in [1.165, 1.54) is 6.07 Å². The number of benzene rings is 1. The molecule has 2 aliphatic rings. The van der Waals surface area contributed by atoms with E-state index in [1.54, 1.807) is 28.0 Å². The fourth-order valence-corrected chi connectivity index (χ4v) is 3.49. The Morgan fingerprint density at radius 1 is 1.25 bits per heavy atom. The maximum absolute atomic E-state index is 12.9. The van der Waals surface area contributed by atoms with Gasteiger partial charge >= 0.3 is 0 Å². The lowest BCUT2D eigenvalue weighted by molar-refractivity contribution is -0.149. The van der Waals surface area contributed by atoms with E-state index in [2.05, 4.69) is 0 Å². The number of para-hydroxylation sites is 1. The number of morpholine rings is 1. The van der Waals surface area contributed by atoms with Crippen molar-refractivity contribution in [3.8, 4) is 5.75 Å². The van der Waals surface area contributed by atoms with Gasteiger partial charge in [0, 0.05) is 19.6 Å². The number of carbonyl (C=O) groups is 2. The molecule has 1 atom stereocenters. The fraction of sp³-hybridized carbons (Fsp3) is 0.556. The van der Waals surface area contributed by atoms with Gasteiger partial charge in [-0.05, 0) is 38.8 Å². The third-order valence-electron chi connectivity index (χ3n) is 4.67. The molecule has 6 heteroatoms. The Kier molecular flexibility index (Phi) is 4.49. The highest BCUT2D eigenvalue weighted by Gasteiger charge is 2.40. The van der Waals surface area contributed by atoms with Gasteiger partial charge in [-0.25, -0.2) is 0 Å². The van der Waals surface area contributed by atoms with E-state index in [-0.39, 0.29) is 28.7 Å². The standard InChI is InChI=1S/C18H24N2O4/c1-18(2)12-19(10-11-24-18)17(23)14-7-5-9-20(14)16(22)13-6-3-4-8-15(13)21/h3-4,6,8,14,21H,5,7,9-12H2,1-2H3/t14-/m1/s1. The summed E-state index contributed by atoms with van der Waals surface area (Å²) < 4.78 is 5.66. The lowest BCUT2D eigenvalue weighted by Gasteiger charge is -2.40. The fourth-order valence-electron chi connectivity index (χ4n) is 3.49. The minimum atomic E-state index is -0.453. The number of phenols is 1. The van der Waals surface area contributed by atoms with Crippen molar-refractivity contribution in [2.45, 2.75) is 38.3 Å². The average Bonchev–Trinajstić information content (AvgIpc) is 3.02. The molecule has 3 rings (SSSR count). The maximum atomic E-state index is 12.9. The molecule has 0 bridgehead atoms. The van der Waals surface area contributed by atoms with E-state index in [4.69, 9.17) is 4.74 Å². The van der Waals surface area contributed by atoms with E-state index in [1.807, 2.05) is 13.8 Å². The molecule has 0 spiro atoms. The highest BCUT2D eigenvalue weighted by molar-refractivity contribution is 5.99.